The maximum atomic E-state index is 12.1. The molecule has 1 aromatic rings. The second kappa shape index (κ2) is 5.39. The molecule has 0 bridgehead atoms. The minimum absolute atomic E-state index is 0.195. The Balaban J connectivity index is 3.16. The second-order valence-electron chi connectivity index (χ2n) is 2.61. The van der Waals surface area contributed by atoms with E-state index in [-0.39, 0.29) is 5.33 Å². The molecule has 0 amide bonds. The van der Waals surface area contributed by atoms with Crippen molar-refractivity contribution in [1.82, 2.24) is 4.98 Å². The third-order valence-corrected chi connectivity index (χ3v) is 3.35. The molecule has 90 valence electrons. The van der Waals surface area contributed by atoms with Gasteiger partial charge in [0.1, 0.15) is 0 Å². The molecule has 8 heteroatoms. The molecule has 0 aliphatic rings. The molecule has 0 N–H and O–H groups in total. The largest absolute Gasteiger partial charge is 0.574 e. The lowest BCUT2D eigenvalue weighted by molar-refractivity contribution is -0.276. The van der Waals surface area contributed by atoms with Crippen LogP contribution in [0.4, 0.5) is 13.2 Å². The fourth-order valence-electron chi connectivity index (χ4n) is 0.950. The van der Waals surface area contributed by atoms with Gasteiger partial charge in [0.05, 0.1) is 16.9 Å². The first kappa shape index (κ1) is 13.8. The van der Waals surface area contributed by atoms with E-state index >= 15 is 0 Å². The van der Waals surface area contributed by atoms with Crippen LogP contribution in [0.25, 0.3) is 0 Å². The van der Waals surface area contributed by atoms with Gasteiger partial charge in [0.25, 0.3) is 0 Å². The molecule has 0 aliphatic heterocycles. The second-order valence-corrected chi connectivity index (χ2v) is 4.25. The van der Waals surface area contributed by atoms with Crippen molar-refractivity contribution in [2.45, 2.75) is 11.7 Å². The maximum absolute atomic E-state index is 12.1. The monoisotopic (exact) mass is 411 g/mol. The van der Waals surface area contributed by atoms with E-state index < -0.39 is 12.2 Å². The predicted molar refractivity (Wildman–Crippen MR) is 62.8 cm³/mol. The zero-order valence-electron chi connectivity index (χ0n) is 7.94. The molecule has 0 radical (unpaired) electrons. The standard InChI is InChI=1S/C8H6BrF3INO2/c1-15-5-3-14-7(16-8(10,11)12)4(2-9)6(5)13/h3H,2H2,1H3. The molecule has 0 aliphatic carbocycles. The zero-order valence-corrected chi connectivity index (χ0v) is 11.7. The van der Waals surface area contributed by atoms with Crippen molar-refractivity contribution >= 4 is 38.5 Å². The third-order valence-electron chi connectivity index (χ3n) is 1.60. The van der Waals surface area contributed by atoms with Crippen molar-refractivity contribution in [1.29, 1.82) is 0 Å². The average molecular weight is 412 g/mol. The van der Waals surface area contributed by atoms with Crippen LogP contribution in [0.1, 0.15) is 5.56 Å². The van der Waals surface area contributed by atoms with Gasteiger partial charge in [0.15, 0.2) is 5.75 Å². The van der Waals surface area contributed by atoms with Gasteiger partial charge in [-0.1, -0.05) is 15.9 Å². The first-order valence-corrected chi connectivity index (χ1v) is 6.12. The van der Waals surface area contributed by atoms with Crippen LogP contribution >= 0.6 is 38.5 Å². The highest BCUT2D eigenvalue weighted by molar-refractivity contribution is 14.1. The summed E-state index contributed by atoms with van der Waals surface area (Å²) in [6.07, 6.45) is -3.56. The Morgan fingerprint density at radius 2 is 2.12 bits per heavy atom. The number of hydrogen-bond acceptors (Lipinski definition) is 3. The normalized spacial score (nSPS) is 11.4. The van der Waals surface area contributed by atoms with Gasteiger partial charge < -0.3 is 9.47 Å². The number of hydrogen-bond donors (Lipinski definition) is 0. The van der Waals surface area contributed by atoms with E-state index in [1.165, 1.54) is 13.3 Å². The Bertz CT molecular complexity index is 386. The summed E-state index contributed by atoms with van der Waals surface area (Å²) >= 11 is 4.96. The van der Waals surface area contributed by atoms with Crippen molar-refractivity contribution in [3.63, 3.8) is 0 Å². The third kappa shape index (κ3) is 3.37. The average Bonchev–Trinajstić information content (AvgIpc) is 2.16. The minimum Gasteiger partial charge on any atom is -0.494 e. The van der Waals surface area contributed by atoms with Gasteiger partial charge >= 0.3 is 6.36 Å². The number of alkyl halides is 4. The van der Waals surface area contributed by atoms with E-state index in [0.717, 1.165) is 0 Å². The van der Waals surface area contributed by atoms with Crippen LogP contribution in [0.5, 0.6) is 11.6 Å². The Morgan fingerprint density at radius 1 is 1.50 bits per heavy atom. The molecule has 0 saturated carbocycles. The summed E-state index contributed by atoms with van der Waals surface area (Å²) < 4.78 is 45.5. The highest BCUT2D eigenvalue weighted by Gasteiger charge is 2.33. The van der Waals surface area contributed by atoms with Gasteiger partial charge in [-0.2, -0.15) is 0 Å². The number of ether oxygens (including phenoxy) is 2. The summed E-state index contributed by atoms with van der Waals surface area (Å²) in [7, 11) is 1.42. The maximum Gasteiger partial charge on any atom is 0.574 e. The van der Waals surface area contributed by atoms with E-state index in [2.05, 4.69) is 25.7 Å². The summed E-state index contributed by atoms with van der Waals surface area (Å²) in [5.74, 6) is -0.0563. The molecule has 1 rings (SSSR count). The van der Waals surface area contributed by atoms with Gasteiger partial charge in [-0.3, -0.25) is 0 Å². The Hall–Kier alpha value is -0.250. The molecule has 0 fully saturated rings. The van der Waals surface area contributed by atoms with Crippen molar-refractivity contribution in [2.24, 2.45) is 0 Å². The van der Waals surface area contributed by atoms with Crippen molar-refractivity contribution in [3.05, 3.63) is 15.3 Å². The van der Waals surface area contributed by atoms with Crippen LogP contribution in [0.3, 0.4) is 0 Å². The van der Waals surface area contributed by atoms with Gasteiger partial charge in [0, 0.05) is 10.9 Å². The van der Waals surface area contributed by atoms with E-state index in [1.54, 1.807) is 0 Å². The SMILES string of the molecule is COc1cnc(OC(F)(F)F)c(CBr)c1I. The van der Waals surface area contributed by atoms with Crippen LogP contribution in [0.2, 0.25) is 0 Å². The molecule has 0 saturated heterocycles. The van der Waals surface area contributed by atoms with Crippen LogP contribution in [-0.2, 0) is 5.33 Å². The van der Waals surface area contributed by atoms with Crippen LogP contribution in [-0.4, -0.2) is 18.5 Å². The fraction of sp³-hybridized carbons (Fsp3) is 0.375. The Labute approximate surface area is 112 Å². The lowest BCUT2D eigenvalue weighted by Gasteiger charge is -2.13. The molecule has 3 nitrogen and oxygen atoms in total. The molecule has 0 aromatic carbocycles. The van der Waals surface area contributed by atoms with E-state index in [1.807, 2.05) is 22.6 Å². The van der Waals surface area contributed by atoms with Crippen molar-refractivity contribution in [3.8, 4) is 11.6 Å². The summed E-state index contributed by atoms with van der Waals surface area (Å²) in [6.45, 7) is 0. The first-order chi connectivity index (χ1) is 7.39. The number of halogens is 5. The molecular formula is C8H6BrF3INO2. The molecule has 16 heavy (non-hydrogen) atoms. The molecule has 0 spiro atoms. The van der Waals surface area contributed by atoms with Crippen molar-refractivity contribution in [2.75, 3.05) is 7.11 Å². The molecule has 1 aromatic heterocycles. The molecule has 1 heterocycles. The number of pyridine rings is 1. The van der Waals surface area contributed by atoms with Crippen LogP contribution < -0.4 is 9.47 Å². The lowest BCUT2D eigenvalue weighted by atomic mass is 10.3. The van der Waals surface area contributed by atoms with E-state index in [4.69, 9.17) is 4.74 Å². The van der Waals surface area contributed by atoms with Gasteiger partial charge in [-0.15, -0.1) is 13.2 Å². The summed E-state index contributed by atoms with van der Waals surface area (Å²) in [5.41, 5.74) is 0.303. The number of rotatable bonds is 3. The quantitative estimate of drug-likeness (QED) is 0.563. The lowest BCUT2D eigenvalue weighted by Crippen LogP contribution is -2.19. The molecule has 0 atom stereocenters. The summed E-state index contributed by atoms with van der Waals surface area (Å²) in [6, 6.07) is 0. The first-order valence-electron chi connectivity index (χ1n) is 3.92. The smallest absolute Gasteiger partial charge is 0.494 e. The van der Waals surface area contributed by atoms with E-state index in [0.29, 0.717) is 14.9 Å². The van der Waals surface area contributed by atoms with Gasteiger partial charge in [-0.25, -0.2) is 4.98 Å². The highest BCUT2D eigenvalue weighted by atomic mass is 127. The Kier molecular flexibility index (Phi) is 4.65. The van der Waals surface area contributed by atoms with Crippen LogP contribution in [0.15, 0.2) is 6.20 Å². The summed E-state index contributed by atoms with van der Waals surface area (Å²) in [5, 5.41) is 0.195. The minimum atomic E-state index is -4.75. The molecular weight excluding hydrogens is 406 g/mol. The highest BCUT2D eigenvalue weighted by Crippen LogP contribution is 2.33. The fourth-order valence-corrected chi connectivity index (χ4v) is 2.78. The predicted octanol–water partition coefficient (Wildman–Crippen LogP) is 3.49. The van der Waals surface area contributed by atoms with Gasteiger partial charge in [0.2, 0.25) is 5.88 Å². The van der Waals surface area contributed by atoms with E-state index in [9.17, 15) is 13.2 Å². The zero-order chi connectivity index (χ0) is 12.3. The number of methoxy groups -OCH3 is 1. The number of nitrogens with zero attached hydrogens (tertiary/aromatic N) is 1. The van der Waals surface area contributed by atoms with Crippen molar-refractivity contribution < 1.29 is 22.6 Å². The summed E-state index contributed by atoms with van der Waals surface area (Å²) in [4.78, 5) is 3.56. The topological polar surface area (TPSA) is 31.4 Å². The Morgan fingerprint density at radius 3 is 2.56 bits per heavy atom. The van der Waals surface area contributed by atoms with Crippen LogP contribution in [0, 0.1) is 3.57 Å². The molecule has 0 unspecified atom stereocenters. The van der Waals surface area contributed by atoms with Gasteiger partial charge in [-0.05, 0) is 22.6 Å². The number of aromatic nitrogens is 1.